The zero-order chi connectivity index (χ0) is 32.6. The third kappa shape index (κ3) is 2.46. The molecule has 244 valence electrons. The van der Waals surface area contributed by atoms with E-state index in [1.165, 1.54) is 0 Å². The number of esters is 1. The van der Waals surface area contributed by atoms with E-state index in [1.807, 2.05) is 13.8 Å². The first-order valence-electron chi connectivity index (χ1n) is 16.2. The minimum absolute atomic E-state index is 0.0276. The Hall–Kier alpha value is -2.28. The van der Waals surface area contributed by atoms with Crippen LogP contribution in [-0.4, -0.2) is 74.3 Å². The number of carbonyl (C=O) groups excluding carboxylic acids is 1. The van der Waals surface area contributed by atoms with Crippen molar-refractivity contribution in [3.63, 3.8) is 0 Å². The second kappa shape index (κ2) is 8.29. The number of carbonyl (C=O) groups is 1. The van der Waals surface area contributed by atoms with Gasteiger partial charge in [0.1, 0.15) is 23.0 Å². The molecule has 0 amide bonds. The number of ether oxygens (including phenoxy) is 2. The summed E-state index contributed by atoms with van der Waals surface area (Å²) in [5.74, 6) is -3.43. The van der Waals surface area contributed by atoms with Gasteiger partial charge in [-0.05, 0) is 61.8 Å². The largest absolute Gasteiger partial charge is 0.457 e. The van der Waals surface area contributed by atoms with Gasteiger partial charge in [0.15, 0.2) is 23.1 Å². The SMILES string of the molecule is C=C1CC[C@@]23OB(CC)O[C@@]45[C@H](OC(=O)c6ccc[nH]6)[C@](O)(C(C)C)[C@@]6(C)[C@@]47OP(=O)(c4ccccc4)O[C@H]1[C@@]27O[C@@]6(O)C[C@@]35C. The Labute approximate surface area is 267 Å². The zero-order valence-electron chi connectivity index (χ0n) is 26.6. The second-order valence-electron chi connectivity index (χ2n) is 15.0. The molecule has 4 saturated heterocycles. The Morgan fingerprint density at radius 1 is 1.15 bits per heavy atom. The number of aromatic nitrogens is 1. The summed E-state index contributed by atoms with van der Waals surface area (Å²) < 4.78 is 57.1. The minimum atomic E-state index is -4.29. The molecule has 10 rings (SSSR count). The van der Waals surface area contributed by atoms with Gasteiger partial charge in [0, 0.05) is 18.0 Å². The molecule has 13 heteroatoms. The molecule has 11 atom stereocenters. The lowest BCUT2D eigenvalue weighted by atomic mass is 9.51. The maximum absolute atomic E-state index is 15.5. The number of nitrogens with one attached hydrogen (secondary N) is 1. The van der Waals surface area contributed by atoms with E-state index in [-0.39, 0.29) is 12.1 Å². The molecule has 11 nitrogen and oxygen atoms in total. The average Bonchev–Trinajstić information content (AvgIpc) is 3.63. The van der Waals surface area contributed by atoms with Crippen molar-refractivity contribution in [1.82, 2.24) is 4.98 Å². The molecule has 1 aromatic heterocycles. The van der Waals surface area contributed by atoms with E-state index >= 15 is 4.57 Å². The molecule has 4 saturated carbocycles. The van der Waals surface area contributed by atoms with Gasteiger partial charge in [0.25, 0.3) is 0 Å². The van der Waals surface area contributed by atoms with Crippen LogP contribution in [0.15, 0.2) is 60.8 Å². The van der Waals surface area contributed by atoms with Crippen LogP contribution in [0.3, 0.4) is 0 Å². The lowest BCUT2D eigenvalue weighted by Crippen LogP contribution is -2.78. The first-order valence-corrected chi connectivity index (χ1v) is 17.8. The highest BCUT2D eigenvalue weighted by Crippen LogP contribution is 2.96. The van der Waals surface area contributed by atoms with E-state index < -0.39 is 83.4 Å². The molecule has 4 aliphatic heterocycles. The van der Waals surface area contributed by atoms with Crippen LogP contribution in [0.4, 0.5) is 0 Å². The van der Waals surface area contributed by atoms with Crippen molar-refractivity contribution in [1.29, 1.82) is 0 Å². The predicted octanol–water partition coefficient (Wildman–Crippen LogP) is 3.88. The van der Waals surface area contributed by atoms with Gasteiger partial charge in [-0.15, -0.1) is 0 Å². The summed E-state index contributed by atoms with van der Waals surface area (Å²) >= 11 is 0. The second-order valence-corrected chi connectivity index (χ2v) is 16.9. The summed E-state index contributed by atoms with van der Waals surface area (Å²) in [5, 5.41) is 26.8. The molecule has 2 aromatic rings. The summed E-state index contributed by atoms with van der Waals surface area (Å²) in [6, 6.07) is 11.9. The minimum Gasteiger partial charge on any atom is -0.451 e. The predicted molar refractivity (Wildman–Crippen MR) is 164 cm³/mol. The van der Waals surface area contributed by atoms with E-state index in [1.54, 1.807) is 69.4 Å². The highest BCUT2D eigenvalue weighted by Gasteiger charge is 3.14. The highest BCUT2D eigenvalue weighted by atomic mass is 31.2. The van der Waals surface area contributed by atoms with Crippen molar-refractivity contribution in [2.45, 2.75) is 106 Å². The number of aliphatic hydroxyl groups is 2. The van der Waals surface area contributed by atoms with E-state index in [9.17, 15) is 15.0 Å². The molecule has 4 spiro atoms. The first-order chi connectivity index (χ1) is 21.7. The molecule has 8 fully saturated rings. The van der Waals surface area contributed by atoms with Crippen LogP contribution < -0.4 is 5.30 Å². The number of hydrogen-bond donors (Lipinski definition) is 3. The number of aromatic amines is 1. The Morgan fingerprint density at radius 3 is 2.54 bits per heavy atom. The fraction of sp³-hybridized carbons (Fsp3) is 0.606. The highest BCUT2D eigenvalue weighted by molar-refractivity contribution is 7.62. The maximum atomic E-state index is 15.5. The lowest BCUT2D eigenvalue weighted by Gasteiger charge is -2.65. The maximum Gasteiger partial charge on any atom is 0.457 e. The van der Waals surface area contributed by atoms with Crippen LogP contribution >= 0.6 is 7.60 Å². The monoisotopic (exact) mass is 651 g/mol. The summed E-state index contributed by atoms with van der Waals surface area (Å²) in [5.41, 5.74) is -10.8. The summed E-state index contributed by atoms with van der Waals surface area (Å²) in [7, 11) is -5.13. The van der Waals surface area contributed by atoms with Gasteiger partial charge < -0.3 is 34.0 Å². The fourth-order valence-corrected chi connectivity index (χ4v) is 14.0. The van der Waals surface area contributed by atoms with Crippen LogP contribution in [-0.2, 0) is 32.4 Å². The van der Waals surface area contributed by atoms with Gasteiger partial charge in [-0.25, -0.2) is 4.79 Å². The summed E-state index contributed by atoms with van der Waals surface area (Å²) in [4.78, 5) is 16.9. The quantitative estimate of drug-likeness (QED) is 0.189. The van der Waals surface area contributed by atoms with Crippen LogP contribution in [0, 0.1) is 16.7 Å². The van der Waals surface area contributed by atoms with E-state index in [0.717, 1.165) is 0 Å². The molecule has 5 heterocycles. The van der Waals surface area contributed by atoms with E-state index in [0.29, 0.717) is 30.0 Å². The Kier molecular flexibility index (Phi) is 5.38. The molecule has 46 heavy (non-hydrogen) atoms. The van der Waals surface area contributed by atoms with E-state index in [2.05, 4.69) is 11.6 Å². The lowest BCUT2D eigenvalue weighted by molar-refractivity contribution is -0.385. The number of hydrogen-bond acceptors (Lipinski definition) is 10. The summed E-state index contributed by atoms with van der Waals surface area (Å²) in [6.07, 6.45) is 0.365. The van der Waals surface area contributed by atoms with Crippen molar-refractivity contribution in [2.24, 2.45) is 16.7 Å². The van der Waals surface area contributed by atoms with Crippen molar-refractivity contribution in [3.05, 3.63) is 66.5 Å². The topological polar surface area (TPSA) is 146 Å². The van der Waals surface area contributed by atoms with Crippen molar-refractivity contribution in [3.8, 4) is 0 Å². The normalized spacial score (nSPS) is 52.3. The van der Waals surface area contributed by atoms with Crippen LogP contribution in [0.25, 0.3) is 0 Å². The molecular formula is C33H39BNO10P. The number of rotatable bonds is 5. The molecule has 8 aliphatic rings. The third-order valence-corrected chi connectivity index (χ3v) is 15.3. The van der Waals surface area contributed by atoms with Gasteiger partial charge in [-0.3, -0.25) is 13.6 Å². The van der Waals surface area contributed by atoms with Crippen LogP contribution in [0.5, 0.6) is 0 Å². The number of benzene rings is 1. The molecule has 0 radical (unpaired) electrons. The van der Waals surface area contributed by atoms with Crippen LogP contribution in [0.1, 0.15) is 64.4 Å². The van der Waals surface area contributed by atoms with Crippen molar-refractivity contribution >= 4 is 26.0 Å². The van der Waals surface area contributed by atoms with Crippen LogP contribution in [0.2, 0.25) is 6.32 Å². The van der Waals surface area contributed by atoms with Gasteiger partial charge in [0.05, 0.1) is 16.3 Å². The molecule has 1 unspecified atom stereocenters. The average molecular weight is 651 g/mol. The Morgan fingerprint density at radius 2 is 1.89 bits per heavy atom. The van der Waals surface area contributed by atoms with Gasteiger partial charge in [-0.1, -0.05) is 52.5 Å². The van der Waals surface area contributed by atoms with Gasteiger partial charge in [-0.2, -0.15) is 0 Å². The molecular weight excluding hydrogens is 612 g/mol. The molecule has 3 N–H and O–H groups in total. The van der Waals surface area contributed by atoms with Crippen molar-refractivity contribution < 1.29 is 47.4 Å². The van der Waals surface area contributed by atoms with Crippen molar-refractivity contribution in [2.75, 3.05) is 0 Å². The third-order valence-electron chi connectivity index (χ3n) is 13.4. The molecule has 1 aromatic carbocycles. The number of H-pyrrole nitrogens is 1. The zero-order valence-corrected chi connectivity index (χ0v) is 27.5. The molecule has 7 bridgehead atoms. The molecule has 4 aliphatic carbocycles. The fourth-order valence-electron chi connectivity index (χ4n) is 11.8. The summed E-state index contributed by atoms with van der Waals surface area (Å²) in [6.45, 7) is 13.6. The Balaban J connectivity index is 1.44. The van der Waals surface area contributed by atoms with Gasteiger partial charge in [0.2, 0.25) is 0 Å². The first kappa shape index (κ1) is 29.8. The van der Waals surface area contributed by atoms with E-state index in [4.69, 9.17) is 27.8 Å². The smallest absolute Gasteiger partial charge is 0.451 e. The Bertz CT molecular complexity index is 1760. The standard InChI is InChI=1S/C33H39BNO10P/c1-7-34-43-28-16-15-20(4)23-31(28)33(45-46(39,41-23)21-12-9-8-10-13-21)27(6)29(37,42-31)18-26(28,5)32(33,44-34)25(30(27,38)19(2)3)40-24(36)22-14-11-17-35-22/h8-14,17,19,23,25,35,37-38H,4,7,15-16,18H2,1-3,5-6H3/t23-,25-,26+,27+,28+,29+,30-,31-,32-,33+,46?/m1/s1. The van der Waals surface area contributed by atoms with Gasteiger partial charge >= 0.3 is 20.7 Å².